The summed E-state index contributed by atoms with van der Waals surface area (Å²) < 4.78 is 47.7. The average Bonchev–Trinajstić information content (AvgIpc) is 2.97. The van der Waals surface area contributed by atoms with Crippen LogP contribution in [0.3, 0.4) is 0 Å². The largest absolute Gasteiger partial charge is 0.421 e. The van der Waals surface area contributed by atoms with Crippen molar-refractivity contribution in [2.75, 3.05) is 13.6 Å². The Kier molecular flexibility index (Phi) is 5.91. The van der Waals surface area contributed by atoms with Crippen LogP contribution < -0.4 is 0 Å². The third-order valence-electron chi connectivity index (χ3n) is 3.66. The summed E-state index contributed by atoms with van der Waals surface area (Å²) in [5.74, 6) is -0.213. The number of nitrogens with zero attached hydrogens (tertiary/aromatic N) is 3. The molecule has 0 amide bonds. The summed E-state index contributed by atoms with van der Waals surface area (Å²) in [5, 5.41) is 12.1. The van der Waals surface area contributed by atoms with Crippen molar-refractivity contribution in [3.8, 4) is 5.69 Å². The first-order valence-electron chi connectivity index (χ1n) is 7.42. The zero-order valence-electron chi connectivity index (χ0n) is 13.4. The molecule has 1 aliphatic rings. The predicted molar refractivity (Wildman–Crippen MR) is 81.7 cm³/mol. The van der Waals surface area contributed by atoms with Crippen molar-refractivity contribution in [3.63, 3.8) is 0 Å². The highest BCUT2D eigenvalue weighted by Gasteiger charge is 2.37. The van der Waals surface area contributed by atoms with Gasteiger partial charge in [-0.15, -0.1) is 0 Å². The van der Waals surface area contributed by atoms with E-state index in [-0.39, 0.29) is 5.82 Å². The van der Waals surface area contributed by atoms with E-state index in [1.165, 1.54) is 23.4 Å². The zero-order valence-corrected chi connectivity index (χ0v) is 13.4. The summed E-state index contributed by atoms with van der Waals surface area (Å²) >= 11 is 0. The maximum atomic E-state index is 12.9. The van der Waals surface area contributed by atoms with Gasteiger partial charge in [-0.3, -0.25) is 0 Å². The van der Waals surface area contributed by atoms with Gasteiger partial charge in [0.15, 0.2) is 6.29 Å². The van der Waals surface area contributed by atoms with Gasteiger partial charge >= 0.3 is 6.18 Å². The minimum atomic E-state index is -4.80. The quantitative estimate of drug-likeness (QED) is 0.659. The van der Waals surface area contributed by atoms with Crippen LogP contribution in [0, 0.1) is 5.82 Å². The summed E-state index contributed by atoms with van der Waals surface area (Å²) in [6, 6.07) is 6.47. The van der Waals surface area contributed by atoms with Gasteiger partial charge < -0.3 is 14.8 Å². The number of hydrogen-bond donors (Lipinski definition) is 1. The molecule has 3 rings (SSSR count). The van der Waals surface area contributed by atoms with Gasteiger partial charge in [0.1, 0.15) is 5.82 Å². The van der Waals surface area contributed by atoms with Crippen LogP contribution >= 0.6 is 0 Å². The summed E-state index contributed by atoms with van der Waals surface area (Å²) in [4.78, 5) is 11.5. The number of alkyl halides is 3. The van der Waals surface area contributed by atoms with E-state index in [4.69, 9.17) is 5.11 Å². The molecule has 25 heavy (non-hydrogen) atoms. The Morgan fingerprint density at radius 1 is 1.28 bits per heavy atom. The Balaban J connectivity index is 0.000000242. The second kappa shape index (κ2) is 7.75. The first kappa shape index (κ1) is 19.1. The number of likely N-dealkylation sites (N-methyl/N-ethyl adjacent to an activating group) is 1. The average molecular weight is 359 g/mol. The lowest BCUT2D eigenvalue weighted by atomic mass is 10.1. The Bertz CT molecular complexity index is 713. The monoisotopic (exact) mass is 359 g/mol. The van der Waals surface area contributed by atoms with Gasteiger partial charge in [-0.25, -0.2) is 9.07 Å². The maximum Gasteiger partial charge on any atom is 0.421 e. The molecule has 0 saturated heterocycles. The molecule has 0 saturated carbocycles. The molecule has 1 N–H and O–H groups in total. The first-order valence-corrected chi connectivity index (χ1v) is 7.42. The van der Waals surface area contributed by atoms with Crippen LogP contribution in [0.1, 0.15) is 11.3 Å². The Labute approximate surface area is 141 Å². The number of aliphatic hydroxyl groups is 1. The van der Waals surface area contributed by atoms with Crippen molar-refractivity contribution in [2.45, 2.75) is 25.2 Å². The number of hydrogen-bond acceptors (Lipinski definition) is 4. The van der Waals surface area contributed by atoms with Crippen molar-refractivity contribution in [3.05, 3.63) is 47.5 Å². The minimum Gasteiger partial charge on any atom is -0.377 e. The normalized spacial score (nSPS) is 15.8. The van der Waals surface area contributed by atoms with Crippen LogP contribution in [0.5, 0.6) is 0 Å². The lowest BCUT2D eigenvalue weighted by molar-refractivity contribution is -0.197. The topological polar surface area (TPSA) is 58.4 Å². The van der Waals surface area contributed by atoms with E-state index >= 15 is 0 Å². The highest BCUT2D eigenvalue weighted by atomic mass is 19.4. The van der Waals surface area contributed by atoms with Crippen molar-refractivity contribution in [2.24, 2.45) is 0 Å². The molecule has 136 valence electrons. The molecule has 2 heterocycles. The van der Waals surface area contributed by atoms with E-state index in [2.05, 4.69) is 17.0 Å². The first-order chi connectivity index (χ1) is 11.7. The number of aldehydes is 1. The number of carbonyl (C=O) groups excluding carboxylic acids is 1. The van der Waals surface area contributed by atoms with Crippen LogP contribution in [-0.4, -0.2) is 51.9 Å². The van der Waals surface area contributed by atoms with Crippen LogP contribution in [0.25, 0.3) is 5.69 Å². The molecule has 0 radical (unpaired) electrons. The van der Waals surface area contributed by atoms with E-state index in [0.29, 0.717) is 0 Å². The van der Waals surface area contributed by atoms with Gasteiger partial charge in [-0.05, 0) is 31.3 Å². The van der Waals surface area contributed by atoms with Crippen molar-refractivity contribution >= 4 is 6.29 Å². The molecule has 5 nitrogen and oxygen atoms in total. The van der Waals surface area contributed by atoms with Gasteiger partial charge in [0.2, 0.25) is 6.10 Å². The second-order valence-corrected chi connectivity index (χ2v) is 5.62. The molecule has 0 bridgehead atoms. The van der Waals surface area contributed by atoms with E-state index in [9.17, 15) is 22.4 Å². The van der Waals surface area contributed by atoms with Crippen molar-refractivity contribution < 1.29 is 27.5 Å². The molecule has 2 aromatic rings. The number of aliphatic hydroxyl groups excluding tert-OH is 1. The fraction of sp³-hybridized carbons (Fsp3) is 0.375. The fourth-order valence-electron chi connectivity index (χ4n) is 2.35. The van der Waals surface area contributed by atoms with Gasteiger partial charge in [0, 0.05) is 30.8 Å². The van der Waals surface area contributed by atoms with E-state index < -0.39 is 18.6 Å². The number of carbonyl (C=O) groups is 1. The van der Waals surface area contributed by atoms with Gasteiger partial charge in [-0.2, -0.15) is 18.3 Å². The third kappa shape index (κ3) is 4.86. The molecule has 1 aromatic carbocycles. The maximum absolute atomic E-state index is 12.9. The Morgan fingerprint density at radius 2 is 1.92 bits per heavy atom. The molecule has 1 aliphatic heterocycles. The van der Waals surface area contributed by atoms with Crippen LogP contribution in [0.4, 0.5) is 17.6 Å². The highest BCUT2D eigenvalue weighted by molar-refractivity contribution is 5.56. The standard InChI is InChI=1S/C13H14FN3.C3H3F3O2/c1-16-7-6-13-10(9-16)8-15-17(13)12-4-2-11(14)3-5-12;4-3(5,6)2(8)1-7/h2-5,8H,6-7,9H2,1H3;1-2,8H. The number of benzene rings is 1. The zero-order chi connectivity index (χ0) is 18.6. The van der Waals surface area contributed by atoms with E-state index in [1.54, 1.807) is 12.1 Å². The second-order valence-electron chi connectivity index (χ2n) is 5.62. The number of halogens is 4. The Morgan fingerprint density at radius 3 is 2.44 bits per heavy atom. The highest BCUT2D eigenvalue weighted by Crippen LogP contribution is 2.21. The van der Waals surface area contributed by atoms with Gasteiger partial charge in [0.05, 0.1) is 11.9 Å². The van der Waals surface area contributed by atoms with Crippen LogP contribution in [0.2, 0.25) is 0 Å². The molecule has 1 unspecified atom stereocenters. The molecule has 0 spiro atoms. The number of aromatic nitrogens is 2. The van der Waals surface area contributed by atoms with Gasteiger partial charge in [-0.1, -0.05) is 0 Å². The van der Waals surface area contributed by atoms with Gasteiger partial charge in [0.25, 0.3) is 0 Å². The summed E-state index contributed by atoms with van der Waals surface area (Å²) in [6.45, 7) is 1.98. The SMILES string of the molecule is CN1CCc2c(cnn2-c2ccc(F)cc2)C1.O=CC(O)C(F)(F)F. The van der Waals surface area contributed by atoms with Crippen molar-refractivity contribution in [1.82, 2.24) is 14.7 Å². The molecular formula is C16H17F4N3O2. The molecule has 1 atom stereocenters. The lowest BCUT2D eigenvalue weighted by Gasteiger charge is -2.22. The van der Waals surface area contributed by atoms with E-state index in [1.807, 2.05) is 10.9 Å². The molecule has 1 aromatic heterocycles. The molecule has 0 aliphatic carbocycles. The molecule has 0 fully saturated rings. The molecule has 9 heteroatoms. The third-order valence-corrected chi connectivity index (χ3v) is 3.66. The van der Waals surface area contributed by atoms with Crippen molar-refractivity contribution in [1.29, 1.82) is 0 Å². The Hall–Kier alpha value is -2.26. The fourth-order valence-corrected chi connectivity index (χ4v) is 2.35. The lowest BCUT2D eigenvalue weighted by Crippen LogP contribution is -2.29. The number of fused-ring (bicyclic) bond motifs is 1. The number of rotatable bonds is 2. The molecular weight excluding hydrogens is 342 g/mol. The smallest absolute Gasteiger partial charge is 0.377 e. The van der Waals surface area contributed by atoms with E-state index in [0.717, 1.165) is 25.2 Å². The van der Waals surface area contributed by atoms with Crippen LogP contribution in [0.15, 0.2) is 30.5 Å². The predicted octanol–water partition coefficient (Wildman–Crippen LogP) is 2.11. The minimum absolute atomic E-state index is 0.213. The van der Waals surface area contributed by atoms with Crippen LogP contribution in [-0.2, 0) is 17.8 Å². The summed E-state index contributed by atoms with van der Waals surface area (Å²) in [6.07, 6.45) is -5.30. The summed E-state index contributed by atoms with van der Waals surface area (Å²) in [7, 11) is 2.11. The summed E-state index contributed by atoms with van der Waals surface area (Å²) in [5.41, 5.74) is 3.44.